The topological polar surface area (TPSA) is 93.4 Å². The Morgan fingerprint density at radius 3 is 2.70 bits per heavy atom. The molecule has 0 spiro atoms. The van der Waals surface area contributed by atoms with Crippen molar-refractivity contribution in [2.24, 2.45) is 0 Å². The number of aromatic amines is 1. The van der Waals surface area contributed by atoms with E-state index >= 15 is 0 Å². The molecule has 3 N–H and O–H groups in total. The molecule has 1 aliphatic heterocycles. The number of hydrogen-bond acceptors (Lipinski definition) is 7. The zero-order chi connectivity index (χ0) is 23.2. The van der Waals surface area contributed by atoms with Gasteiger partial charge in [0.1, 0.15) is 4.83 Å². The number of carbonyl (C=O) groups excluding carboxylic acids is 1. The minimum atomic E-state index is -0.279. The summed E-state index contributed by atoms with van der Waals surface area (Å²) in [5, 5.41) is 6.82. The maximum absolute atomic E-state index is 12.6. The zero-order valence-corrected chi connectivity index (χ0v) is 20.3. The summed E-state index contributed by atoms with van der Waals surface area (Å²) in [7, 11) is 2.14. The van der Waals surface area contributed by atoms with Gasteiger partial charge in [0.2, 0.25) is 11.9 Å². The highest BCUT2D eigenvalue weighted by molar-refractivity contribution is 7.22. The van der Waals surface area contributed by atoms with Gasteiger partial charge in [0.05, 0.1) is 15.3 Å². The van der Waals surface area contributed by atoms with Gasteiger partial charge in [0, 0.05) is 45.7 Å². The number of rotatable bonds is 9. The number of anilines is 1. The Kier molecular flexibility index (Phi) is 7.97. The molecule has 0 aliphatic carbocycles. The fraction of sp³-hybridized carbons (Fsp3) is 0.435. The average Bonchev–Trinajstić information content (AvgIpc) is 3.15. The Morgan fingerprint density at radius 2 is 1.94 bits per heavy atom. The summed E-state index contributed by atoms with van der Waals surface area (Å²) in [4.78, 5) is 38.1. The summed E-state index contributed by atoms with van der Waals surface area (Å²) in [5.74, 6) is 0.412. The van der Waals surface area contributed by atoms with Crippen LogP contribution in [0.15, 0.2) is 35.1 Å². The number of likely N-dealkylation sites (N-methyl/N-ethyl adjacent to an activating group) is 1. The number of thiophene rings is 1. The van der Waals surface area contributed by atoms with E-state index < -0.39 is 0 Å². The van der Waals surface area contributed by atoms with Crippen LogP contribution in [0.1, 0.15) is 12.8 Å². The lowest BCUT2D eigenvalue weighted by Gasteiger charge is -2.32. The van der Waals surface area contributed by atoms with Gasteiger partial charge in [-0.1, -0.05) is 41.9 Å². The van der Waals surface area contributed by atoms with Crippen LogP contribution in [-0.4, -0.2) is 78.5 Å². The normalized spacial score (nSPS) is 15.1. The van der Waals surface area contributed by atoms with E-state index in [0.717, 1.165) is 49.6 Å². The van der Waals surface area contributed by atoms with Crippen molar-refractivity contribution in [3.8, 4) is 10.4 Å². The molecular formula is C23H29ClN6O2S. The monoisotopic (exact) mass is 488 g/mol. The SMILES string of the molecule is CN1CCN(CCCC(=O)NCCNc2nc3sc(-c4ccccc4)c(Cl)c3c(=O)[nH]2)CC1. The van der Waals surface area contributed by atoms with Crippen LogP contribution in [-0.2, 0) is 4.79 Å². The molecule has 1 amide bonds. The van der Waals surface area contributed by atoms with Crippen LogP contribution in [0.25, 0.3) is 20.7 Å². The third-order valence-electron chi connectivity index (χ3n) is 5.75. The van der Waals surface area contributed by atoms with Gasteiger partial charge < -0.3 is 20.4 Å². The van der Waals surface area contributed by atoms with Crippen molar-refractivity contribution >= 4 is 45.0 Å². The lowest BCUT2D eigenvalue weighted by molar-refractivity contribution is -0.121. The van der Waals surface area contributed by atoms with Crippen LogP contribution in [0.4, 0.5) is 5.95 Å². The first-order chi connectivity index (χ1) is 16.0. The molecule has 0 radical (unpaired) electrons. The van der Waals surface area contributed by atoms with E-state index in [1.54, 1.807) is 0 Å². The largest absolute Gasteiger partial charge is 0.354 e. The Labute approximate surface area is 202 Å². The van der Waals surface area contributed by atoms with Crippen LogP contribution >= 0.6 is 22.9 Å². The molecule has 1 aliphatic rings. The number of nitrogens with one attached hydrogen (secondary N) is 3. The smallest absolute Gasteiger partial charge is 0.262 e. The number of carbonyl (C=O) groups is 1. The number of H-pyrrole nitrogens is 1. The number of hydrogen-bond donors (Lipinski definition) is 3. The van der Waals surface area contributed by atoms with Gasteiger partial charge in [-0.15, -0.1) is 11.3 Å². The molecule has 0 bridgehead atoms. The van der Waals surface area contributed by atoms with Crippen LogP contribution < -0.4 is 16.2 Å². The summed E-state index contributed by atoms with van der Waals surface area (Å²) in [6.07, 6.45) is 1.38. The van der Waals surface area contributed by atoms with Crippen molar-refractivity contribution < 1.29 is 4.79 Å². The van der Waals surface area contributed by atoms with Crippen LogP contribution in [0, 0.1) is 0 Å². The average molecular weight is 489 g/mol. The lowest BCUT2D eigenvalue weighted by Crippen LogP contribution is -2.44. The molecule has 1 saturated heterocycles. The summed E-state index contributed by atoms with van der Waals surface area (Å²) in [6.45, 7) is 6.19. The Morgan fingerprint density at radius 1 is 1.18 bits per heavy atom. The number of amides is 1. The first-order valence-corrected chi connectivity index (χ1v) is 12.4. The first kappa shape index (κ1) is 23.7. The predicted octanol–water partition coefficient (Wildman–Crippen LogP) is 2.86. The molecule has 4 rings (SSSR count). The van der Waals surface area contributed by atoms with Crippen molar-refractivity contribution in [1.29, 1.82) is 0 Å². The van der Waals surface area contributed by atoms with Crippen molar-refractivity contribution in [1.82, 2.24) is 25.1 Å². The van der Waals surface area contributed by atoms with Gasteiger partial charge in [0.15, 0.2) is 0 Å². The molecule has 8 nitrogen and oxygen atoms in total. The zero-order valence-electron chi connectivity index (χ0n) is 18.7. The van der Waals surface area contributed by atoms with E-state index in [4.69, 9.17) is 11.6 Å². The van der Waals surface area contributed by atoms with Crippen LogP contribution in [0.3, 0.4) is 0 Å². The van der Waals surface area contributed by atoms with Gasteiger partial charge in [-0.05, 0) is 25.6 Å². The van der Waals surface area contributed by atoms with E-state index in [9.17, 15) is 9.59 Å². The summed E-state index contributed by atoms with van der Waals surface area (Å²) < 4.78 is 0. The second-order valence-corrected chi connectivity index (χ2v) is 9.61. The summed E-state index contributed by atoms with van der Waals surface area (Å²) in [6, 6.07) is 9.71. The molecule has 10 heteroatoms. The van der Waals surface area contributed by atoms with Gasteiger partial charge in [-0.3, -0.25) is 14.6 Å². The highest BCUT2D eigenvalue weighted by Gasteiger charge is 2.17. The summed E-state index contributed by atoms with van der Waals surface area (Å²) >= 11 is 7.88. The number of fused-ring (bicyclic) bond motifs is 1. The van der Waals surface area contributed by atoms with E-state index in [-0.39, 0.29) is 11.5 Å². The van der Waals surface area contributed by atoms with E-state index in [2.05, 4.69) is 37.4 Å². The Bertz CT molecular complexity index is 1140. The van der Waals surface area contributed by atoms with Crippen molar-refractivity contribution in [2.45, 2.75) is 12.8 Å². The van der Waals surface area contributed by atoms with Crippen molar-refractivity contribution in [3.05, 3.63) is 45.7 Å². The van der Waals surface area contributed by atoms with Gasteiger partial charge in [-0.2, -0.15) is 0 Å². The second kappa shape index (κ2) is 11.1. The molecule has 0 atom stereocenters. The van der Waals surface area contributed by atoms with Gasteiger partial charge in [0.25, 0.3) is 5.56 Å². The van der Waals surface area contributed by atoms with E-state index in [1.807, 2.05) is 30.3 Å². The second-order valence-electron chi connectivity index (χ2n) is 8.23. The van der Waals surface area contributed by atoms with E-state index in [1.165, 1.54) is 11.3 Å². The molecule has 0 unspecified atom stereocenters. The highest BCUT2D eigenvalue weighted by Crippen LogP contribution is 2.39. The number of aromatic nitrogens is 2. The molecule has 3 aromatic rings. The maximum atomic E-state index is 12.6. The number of piperazine rings is 1. The molecular weight excluding hydrogens is 460 g/mol. The molecule has 1 aromatic carbocycles. The first-order valence-electron chi connectivity index (χ1n) is 11.2. The quantitative estimate of drug-likeness (QED) is 0.401. The van der Waals surface area contributed by atoms with Crippen LogP contribution in [0.2, 0.25) is 5.02 Å². The fourth-order valence-corrected chi connectivity index (χ4v) is 5.37. The fourth-order valence-electron chi connectivity index (χ4n) is 3.84. The van der Waals surface area contributed by atoms with E-state index in [0.29, 0.717) is 40.7 Å². The minimum absolute atomic E-state index is 0.0420. The van der Waals surface area contributed by atoms with Crippen molar-refractivity contribution in [2.75, 3.05) is 58.2 Å². The molecule has 1 fully saturated rings. The molecule has 3 heterocycles. The Balaban J connectivity index is 1.25. The standard InChI is InChI=1S/C23H29ClN6O2S/c1-29-12-14-30(15-13-29)11-5-8-17(31)25-9-10-26-23-27-21(32)18-19(24)20(33-22(18)28-23)16-6-3-2-4-7-16/h2-4,6-7H,5,8-15H2,1H3,(H,25,31)(H2,26,27,28,32). The maximum Gasteiger partial charge on any atom is 0.262 e. The molecule has 176 valence electrons. The highest BCUT2D eigenvalue weighted by atomic mass is 35.5. The molecule has 2 aromatic heterocycles. The van der Waals surface area contributed by atoms with Gasteiger partial charge in [-0.25, -0.2) is 4.98 Å². The minimum Gasteiger partial charge on any atom is -0.354 e. The Hall–Kier alpha value is -2.46. The predicted molar refractivity (Wildman–Crippen MR) is 135 cm³/mol. The lowest BCUT2D eigenvalue weighted by atomic mass is 10.2. The number of nitrogens with zero attached hydrogens (tertiary/aromatic N) is 3. The van der Waals surface area contributed by atoms with Gasteiger partial charge >= 0.3 is 0 Å². The third kappa shape index (κ3) is 6.11. The number of benzene rings is 1. The molecule has 33 heavy (non-hydrogen) atoms. The summed E-state index contributed by atoms with van der Waals surface area (Å²) in [5.41, 5.74) is 0.675. The van der Waals surface area contributed by atoms with Crippen molar-refractivity contribution in [3.63, 3.8) is 0 Å². The van der Waals surface area contributed by atoms with Crippen LogP contribution in [0.5, 0.6) is 0 Å². The number of halogens is 1. The molecule has 0 saturated carbocycles. The third-order valence-corrected chi connectivity index (χ3v) is 7.38.